The molecule has 0 atom stereocenters. The molecule has 2 aromatic rings. The number of aryl methyl sites for hydroxylation is 2. The Labute approximate surface area is 172 Å². The summed E-state index contributed by atoms with van der Waals surface area (Å²) in [5.41, 5.74) is -3.29. The molecule has 0 bridgehead atoms. The molecule has 0 saturated carbocycles. The van der Waals surface area contributed by atoms with Gasteiger partial charge in [-0.2, -0.15) is 49.6 Å². The third kappa shape index (κ3) is 3.00. The minimum atomic E-state index is -5.51. The number of thiophene rings is 2. The van der Waals surface area contributed by atoms with Crippen molar-refractivity contribution in [3.8, 4) is 0 Å². The smallest absolute Gasteiger partial charge is 0.300 e. The molecule has 1 aliphatic carbocycles. The second-order valence-electron chi connectivity index (χ2n) is 5.14. The molecule has 0 amide bonds. The fraction of sp³-hybridized carbons (Fsp3) is 0.333. The van der Waals surface area contributed by atoms with Gasteiger partial charge >= 0.3 is 55.5 Å². The predicted molar refractivity (Wildman–Crippen MR) is 77.4 cm³/mol. The number of hydrogen-bond acceptors (Lipinski definition) is 2. The van der Waals surface area contributed by atoms with Crippen LogP contribution in [0.5, 0.6) is 0 Å². The first-order valence-electron chi connectivity index (χ1n) is 6.36. The van der Waals surface area contributed by atoms with Crippen molar-refractivity contribution in [1.82, 2.24) is 0 Å². The summed E-state index contributed by atoms with van der Waals surface area (Å²) in [5.74, 6) is -15.5. The minimum absolute atomic E-state index is 0. The number of rotatable bonds is 2. The molecule has 0 fully saturated rings. The maximum atomic E-state index is 14.3. The standard InChI is InChI=1S/C15H8F6S2.2Li/c1-7-9(3-5-22-7)11-12(10-4-6-23-8(10)2)14(18,19)15(20,21)13(11,16)17;;/h3-4H,1-2H3;;/q-2;2*+1. The second-order valence-corrected chi connectivity index (χ2v) is 7.25. The van der Waals surface area contributed by atoms with E-state index >= 15 is 0 Å². The molecular formula is C15H8F6Li2S2. The van der Waals surface area contributed by atoms with Crippen molar-refractivity contribution in [3.05, 3.63) is 43.8 Å². The van der Waals surface area contributed by atoms with Crippen LogP contribution < -0.4 is 37.7 Å². The van der Waals surface area contributed by atoms with Crippen LogP contribution in [0.4, 0.5) is 26.3 Å². The molecule has 25 heavy (non-hydrogen) atoms. The van der Waals surface area contributed by atoms with E-state index in [0.717, 1.165) is 34.8 Å². The summed E-state index contributed by atoms with van der Waals surface area (Å²) < 4.78 is 85.0. The summed E-state index contributed by atoms with van der Waals surface area (Å²) in [7, 11) is 0. The van der Waals surface area contributed by atoms with Crippen molar-refractivity contribution in [1.29, 1.82) is 0 Å². The molecule has 0 spiro atoms. The second kappa shape index (κ2) is 7.15. The molecule has 124 valence electrons. The van der Waals surface area contributed by atoms with Crippen LogP contribution in [0.15, 0.2) is 12.1 Å². The molecule has 1 aliphatic rings. The summed E-state index contributed by atoms with van der Waals surface area (Å²) in [4.78, 5) is 0.449. The SMILES string of the molecule is Cc1s[c-]cc1C1=C(c2c[c-]sc2C)C(F)(F)C(F)(F)C1(F)F.[Li+].[Li+]. The average Bonchev–Trinajstić information content (AvgIpc) is 3.05. The van der Waals surface area contributed by atoms with Gasteiger partial charge in [-0.3, -0.25) is 0 Å². The van der Waals surface area contributed by atoms with Gasteiger partial charge in [0.15, 0.2) is 0 Å². The molecule has 0 N–H and O–H groups in total. The average molecular weight is 380 g/mol. The topological polar surface area (TPSA) is 0 Å². The van der Waals surface area contributed by atoms with Crippen LogP contribution in [0.1, 0.15) is 20.9 Å². The van der Waals surface area contributed by atoms with Gasteiger partial charge in [0, 0.05) is 0 Å². The first-order chi connectivity index (χ1) is 10.5. The van der Waals surface area contributed by atoms with E-state index in [2.05, 4.69) is 10.8 Å². The van der Waals surface area contributed by atoms with Gasteiger partial charge in [0.05, 0.1) is 0 Å². The Balaban J connectivity index is 0.00000156. The quantitative estimate of drug-likeness (QED) is 0.387. The van der Waals surface area contributed by atoms with E-state index in [1.807, 2.05) is 0 Å². The van der Waals surface area contributed by atoms with Gasteiger partial charge in [-0.05, 0) is 11.1 Å². The molecule has 2 heterocycles. The Morgan fingerprint density at radius 3 is 1.28 bits per heavy atom. The summed E-state index contributed by atoms with van der Waals surface area (Å²) >= 11 is 1.82. The van der Waals surface area contributed by atoms with Gasteiger partial charge < -0.3 is 22.7 Å². The first-order valence-corrected chi connectivity index (χ1v) is 7.99. The van der Waals surface area contributed by atoms with Crippen LogP contribution in [0, 0.1) is 24.6 Å². The predicted octanol–water partition coefficient (Wildman–Crippen LogP) is -0.135. The monoisotopic (exact) mass is 380 g/mol. The van der Waals surface area contributed by atoms with Crippen LogP contribution in [-0.2, 0) is 0 Å². The van der Waals surface area contributed by atoms with Crippen LogP contribution in [0.2, 0.25) is 0 Å². The molecule has 0 saturated heterocycles. The Hall–Kier alpha value is -0.0852. The first kappa shape index (κ1) is 23.0. The largest absolute Gasteiger partial charge is 1.00 e. The number of alkyl halides is 6. The number of allylic oxidation sites excluding steroid dienone is 2. The summed E-state index contributed by atoms with van der Waals surface area (Å²) in [5, 5.41) is 5.05. The Morgan fingerprint density at radius 2 is 1.04 bits per heavy atom. The van der Waals surface area contributed by atoms with Crippen molar-refractivity contribution in [2.45, 2.75) is 31.6 Å². The van der Waals surface area contributed by atoms with Crippen molar-refractivity contribution in [2.24, 2.45) is 0 Å². The van der Waals surface area contributed by atoms with Gasteiger partial charge in [0.2, 0.25) is 0 Å². The third-order valence-electron chi connectivity index (χ3n) is 3.79. The van der Waals surface area contributed by atoms with Crippen molar-refractivity contribution in [3.63, 3.8) is 0 Å². The van der Waals surface area contributed by atoms with E-state index in [0.29, 0.717) is 0 Å². The normalized spacial score (nSPS) is 20.2. The molecular weight excluding hydrogens is 372 g/mol. The van der Waals surface area contributed by atoms with Gasteiger partial charge in [0.25, 0.3) is 0 Å². The van der Waals surface area contributed by atoms with Crippen molar-refractivity contribution < 1.29 is 64.1 Å². The Bertz CT molecular complexity index is 742. The van der Waals surface area contributed by atoms with Gasteiger partial charge in [-0.25, -0.2) is 0 Å². The maximum Gasteiger partial charge on any atom is 1.00 e. The van der Waals surface area contributed by atoms with E-state index in [-0.39, 0.29) is 58.6 Å². The van der Waals surface area contributed by atoms with Gasteiger partial charge in [0.1, 0.15) is 0 Å². The summed E-state index contributed by atoms with van der Waals surface area (Å²) in [6, 6.07) is 2.10. The molecule has 0 aromatic carbocycles. The molecule has 10 heteroatoms. The molecule has 0 aliphatic heterocycles. The van der Waals surface area contributed by atoms with E-state index in [4.69, 9.17) is 0 Å². The third-order valence-corrected chi connectivity index (χ3v) is 5.32. The van der Waals surface area contributed by atoms with Crippen LogP contribution in [-0.4, -0.2) is 17.8 Å². The van der Waals surface area contributed by atoms with Crippen LogP contribution >= 0.6 is 22.7 Å². The van der Waals surface area contributed by atoms with E-state index < -0.39 is 28.9 Å². The van der Waals surface area contributed by atoms with E-state index in [1.165, 1.54) is 13.8 Å². The van der Waals surface area contributed by atoms with Gasteiger partial charge in [-0.1, -0.05) is 13.8 Å². The molecule has 3 rings (SSSR count). The molecule has 0 radical (unpaired) electrons. The van der Waals surface area contributed by atoms with Gasteiger partial charge in [-0.15, -0.1) is 20.5 Å². The van der Waals surface area contributed by atoms with E-state index in [9.17, 15) is 26.3 Å². The van der Waals surface area contributed by atoms with Crippen molar-refractivity contribution >= 4 is 33.8 Å². The molecule has 0 unspecified atom stereocenters. The zero-order valence-corrected chi connectivity index (χ0v) is 15.4. The summed E-state index contributed by atoms with van der Waals surface area (Å²) in [6.45, 7) is 2.80. The van der Waals surface area contributed by atoms with E-state index in [1.54, 1.807) is 0 Å². The zero-order chi connectivity index (χ0) is 17.2. The molecule has 2 aromatic heterocycles. The maximum absolute atomic E-state index is 14.3. The Morgan fingerprint density at radius 1 is 0.720 bits per heavy atom. The van der Waals surface area contributed by atoms with Crippen LogP contribution in [0.25, 0.3) is 11.1 Å². The fourth-order valence-corrected chi connectivity index (χ4v) is 3.84. The zero-order valence-electron chi connectivity index (χ0n) is 13.7. The number of halogens is 6. The minimum Gasteiger partial charge on any atom is -0.300 e. The van der Waals surface area contributed by atoms with Crippen molar-refractivity contribution in [2.75, 3.05) is 0 Å². The summed E-state index contributed by atoms with van der Waals surface area (Å²) in [6.07, 6.45) is 0. The fourth-order valence-electron chi connectivity index (χ4n) is 2.60. The number of hydrogen-bond donors (Lipinski definition) is 0. The molecule has 0 nitrogen and oxygen atoms in total. The Kier molecular flexibility index (Phi) is 6.56. The van der Waals surface area contributed by atoms with Crippen LogP contribution in [0.3, 0.4) is 0 Å².